The molecule has 5 rings (SSSR count). The minimum Gasteiger partial charge on any atom is -0.473 e. The van der Waals surface area contributed by atoms with Gasteiger partial charge in [0.2, 0.25) is 0 Å². The van der Waals surface area contributed by atoms with E-state index in [0.717, 1.165) is 11.7 Å². The van der Waals surface area contributed by atoms with E-state index in [2.05, 4.69) is 21.2 Å². The van der Waals surface area contributed by atoms with Crippen LogP contribution in [0.1, 0.15) is 43.3 Å². The van der Waals surface area contributed by atoms with Crippen LogP contribution in [0.25, 0.3) is 5.57 Å². The maximum Gasteiger partial charge on any atom is 0.414 e. The molecule has 3 aliphatic heterocycles. The lowest BCUT2D eigenvalue weighted by Crippen LogP contribution is -2.35. The van der Waals surface area contributed by atoms with Gasteiger partial charge in [0.25, 0.3) is 5.89 Å². The highest BCUT2D eigenvalue weighted by Crippen LogP contribution is 2.40. The summed E-state index contributed by atoms with van der Waals surface area (Å²) in [4.78, 5) is 25.1. The molecule has 4 aliphatic rings. The van der Waals surface area contributed by atoms with Gasteiger partial charge in [-0.25, -0.2) is 9.59 Å². The number of carboxylic acid groups (broad SMARTS) is 2. The lowest BCUT2D eigenvalue weighted by atomic mass is 9.86. The molecule has 0 unspecified atom stereocenters. The van der Waals surface area contributed by atoms with Crippen LogP contribution in [0.15, 0.2) is 10.7 Å². The number of aliphatic carboxylic acids is 2. The number of piperidine rings is 1. The summed E-state index contributed by atoms with van der Waals surface area (Å²) in [5.41, 5.74) is 1.27. The predicted molar refractivity (Wildman–Crippen MR) is 73.8 cm³/mol. The number of hydrogen-bond donors (Lipinski definition) is 2. The van der Waals surface area contributed by atoms with Gasteiger partial charge in [0.15, 0.2) is 5.82 Å². The molecule has 1 aliphatic carbocycles. The van der Waals surface area contributed by atoms with E-state index in [0.29, 0.717) is 11.8 Å². The Balaban J connectivity index is 0.000000209. The molecule has 1 aromatic rings. The smallest absolute Gasteiger partial charge is 0.414 e. The van der Waals surface area contributed by atoms with Crippen LogP contribution in [0.3, 0.4) is 0 Å². The fourth-order valence-electron chi connectivity index (χ4n) is 2.73. The molecule has 1 saturated heterocycles. The summed E-state index contributed by atoms with van der Waals surface area (Å²) in [7, 11) is 0. The summed E-state index contributed by atoms with van der Waals surface area (Å²) in [6.45, 7) is 2.38. The van der Waals surface area contributed by atoms with Gasteiger partial charge >= 0.3 is 11.9 Å². The molecule has 1 saturated carbocycles. The zero-order chi connectivity index (χ0) is 15.7. The van der Waals surface area contributed by atoms with Crippen molar-refractivity contribution in [3.8, 4) is 0 Å². The van der Waals surface area contributed by atoms with E-state index in [9.17, 15) is 0 Å². The summed E-state index contributed by atoms with van der Waals surface area (Å²) < 4.78 is 5.40. The van der Waals surface area contributed by atoms with Crippen LogP contribution in [0, 0.1) is 5.92 Å². The number of fused-ring (bicyclic) bond motifs is 2. The second-order valence-electron chi connectivity index (χ2n) is 5.74. The Hall–Kier alpha value is -2.38. The minimum atomic E-state index is -1.82. The van der Waals surface area contributed by atoms with E-state index in [1.807, 2.05) is 0 Å². The van der Waals surface area contributed by atoms with Crippen LogP contribution in [0.2, 0.25) is 0 Å². The SMILES string of the molecule is C1=C(c2nc(C3CC3)no2)C2CCN1CC2.O=C(O)C(=O)O. The van der Waals surface area contributed by atoms with Gasteiger partial charge in [-0.3, -0.25) is 0 Å². The Morgan fingerprint density at radius 2 is 1.73 bits per heavy atom. The predicted octanol–water partition coefficient (Wildman–Crippen LogP) is 1.17. The fraction of sp³-hybridized carbons (Fsp3) is 0.571. The number of allylic oxidation sites excluding steroid dienone is 1. The van der Waals surface area contributed by atoms with Crippen molar-refractivity contribution in [1.29, 1.82) is 0 Å². The summed E-state index contributed by atoms with van der Waals surface area (Å²) in [6.07, 6.45) is 7.17. The minimum absolute atomic E-state index is 0.583. The second-order valence-corrected chi connectivity index (χ2v) is 5.74. The maximum absolute atomic E-state index is 9.10. The zero-order valence-corrected chi connectivity index (χ0v) is 11.9. The average Bonchev–Trinajstić information content (AvgIpc) is 3.26. The highest BCUT2D eigenvalue weighted by molar-refractivity contribution is 6.27. The van der Waals surface area contributed by atoms with Crippen LogP contribution in [-0.4, -0.2) is 50.3 Å². The van der Waals surface area contributed by atoms with E-state index in [4.69, 9.17) is 24.3 Å². The molecule has 2 fully saturated rings. The van der Waals surface area contributed by atoms with E-state index in [1.165, 1.54) is 44.3 Å². The Kier molecular flexibility index (Phi) is 3.82. The molecule has 0 aromatic carbocycles. The van der Waals surface area contributed by atoms with E-state index in [-0.39, 0.29) is 0 Å². The van der Waals surface area contributed by atoms with Gasteiger partial charge in [-0.1, -0.05) is 5.16 Å². The van der Waals surface area contributed by atoms with Gasteiger partial charge in [0.1, 0.15) is 0 Å². The van der Waals surface area contributed by atoms with Crippen LogP contribution in [-0.2, 0) is 9.59 Å². The number of hydrogen-bond acceptors (Lipinski definition) is 6. The number of carbonyl (C=O) groups is 2. The van der Waals surface area contributed by atoms with Crippen molar-refractivity contribution in [3.63, 3.8) is 0 Å². The molecule has 2 N–H and O–H groups in total. The Morgan fingerprint density at radius 1 is 1.09 bits per heavy atom. The molecule has 0 spiro atoms. The van der Waals surface area contributed by atoms with Crippen molar-refractivity contribution in [3.05, 3.63) is 17.9 Å². The molecule has 0 radical (unpaired) electrons. The normalized spacial score (nSPS) is 20.2. The number of rotatable bonds is 2. The molecule has 8 heteroatoms. The first-order valence-corrected chi connectivity index (χ1v) is 7.30. The summed E-state index contributed by atoms with van der Waals surface area (Å²) in [5.74, 6) is -0.717. The van der Waals surface area contributed by atoms with E-state index < -0.39 is 11.9 Å². The molecule has 8 nitrogen and oxygen atoms in total. The fourth-order valence-corrected chi connectivity index (χ4v) is 2.73. The molecule has 22 heavy (non-hydrogen) atoms. The van der Waals surface area contributed by atoms with Gasteiger partial charge in [0, 0.05) is 30.8 Å². The standard InChI is InChI=1S/C12H15N3O.C2H2O4/c1-2-9(1)11-13-12(16-14-11)10-7-15-5-3-8(10)4-6-15;3-1(4)2(5)6/h7-9H,1-6H2;(H,3,4)(H,5,6). The van der Waals surface area contributed by atoms with Crippen molar-refractivity contribution in [2.24, 2.45) is 5.92 Å². The third-order valence-corrected chi connectivity index (χ3v) is 4.11. The lowest BCUT2D eigenvalue weighted by Gasteiger charge is -2.37. The Labute approximate surface area is 126 Å². The molecule has 0 atom stereocenters. The van der Waals surface area contributed by atoms with Gasteiger partial charge in [-0.2, -0.15) is 4.98 Å². The van der Waals surface area contributed by atoms with Crippen molar-refractivity contribution in [2.45, 2.75) is 31.6 Å². The summed E-state index contributed by atoms with van der Waals surface area (Å²) in [6, 6.07) is 0. The van der Waals surface area contributed by atoms with Gasteiger partial charge in [-0.15, -0.1) is 0 Å². The molecule has 118 valence electrons. The van der Waals surface area contributed by atoms with Crippen molar-refractivity contribution in [1.82, 2.24) is 15.0 Å². The third-order valence-electron chi connectivity index (χ3n) is 4.11. The van der Waals surface area contributed by atoms with Crippen LogP contribution < -0.4 is 0 Å². The maximum atomic E-state index is 9.10. The van der Waals surface area contributed by atoms with Crippen molar-refractivity contribution < 1.29 is 24.3 Å². The van der Waals surface area contributed by atoms with Gasteiger partial charge < -0.3 is 19.6 Å². The zero-order valence-electron chi connectivity index (χ0n) is 11.9. The number of carboxylic acids is 2. The molecule has 0 amide bonds. The largest absolute Gasteiger partial charge is 0.473 e. The first kappa shape index (κ1) is 14.6. The number of nitrogens with zero attached hydrogens (tertiary/aromatic N) is 3. The molecule has 4 heterocycles. The molecule has 2 bridgehead atoms. The second kappa shape index (κ2) is 5.78. The monoisotopic (exact) mass is 307 g/mol. The van der Waals surface area contributed by atoms with Gasteiger partial charge in [0.05, 0.1) is 0 Å². The lowest BCUT2D eigenvalue weighted by molar-refractivity contribution is -0.159. The van der Waals surface area contributed by atoms with E-state index >= 15 is 0 Å². The summed E-state index contributed by atoms with van der Waals surface area (Å²) in [5, 5.41) is 18.9. The Bertz CT molecular complexity index is 600. The quantitative estimate of drug-likeness (QED) is 0.782. The van der Waals surface area contributed by atoms with Crippen LogP contribution >= 0.6 is 0 Å². The average molecular weight is 307 g/mol. The van der Waals surface area contributed by atoms with Crippen molar-refractivity contribution in [2.75, 3.05) is 13.1 Å². The summed E-state index contributed by atoms with van der Waals surface area (Å²) >= 11 is 0. The Morgan fingerprint density at radius 3 is 2.18 bits per heavy atom. The molecular formula is C14H17N3O5. The first-order chi connectivity index (χ1) is 10.5. The van der Waals surface area contributed by atoms with Gasteiger partial charge in [-0.05, 0) is 31.6 Å². The van der Waals surface area contributed by atoms with Crippen LogP contribution in [0.5, 0.6) is 0 Å². The highest BCUT2D eigenvalue weighted by Gasteiger charge is 2.33. The van der Waals surface area contributed by atoms with Crippen molar-refractivity contribution >= 4 is 17.5 Å². The molecular weight excluding hydrogens is 290 g/mol. The van der Waals surface area contributed by atoms with Crippen LogP contribution in [0.4, 0.5) is 0 Å². The van der Waals surface area contributed by atoms with E-state index in [1.54, 1.807) is 0 Å². The number of aromatic nitrogens is 2. The highest BCUT2D eigenvalue weighted by atomic mass is 16.5. The molecule has 1 aromatic heterocycles. The first-order valence-electron chi connectivity index (χ1n) is 7.30. The topological polar surface area (TPSA) is 117 Å². The third kappa shape index (κ3) is 3.10.